The Labute approximate surface area is 113 Å². The lowest BCUT2D eigenvalue weighted by Crippen LogP contribution is -2.53. The fourth-order valence-corrected chi connectivity index (χ4v) is 3.93. The smallest absolute Gasteiger partial charge is 0.451 e. The Balaban J connectivity index is 2.09. The molecule has 1 aliphatic heterocycles. The Bertz CT molecular complexity index is 355. The number of hydrogen-bond donors (Lipinski definition) is 5. The van der Waals surface area contributed by atoms with Gasteiger partial charge in [0.25, 0.3) is 0 Å². The lowest BCUT2D eigenvalue weighted by molar-refractivity contribution is -0.145. The predicted molar refractivity (Wildman–Crippen MR) is 71.3 cm³/mol. The summed E-state index contributed by atoms with van der Waals surface area (Å²) in [4.78, 5) is 11.5. The van der Waals surface area contributed by atoms with E-state index in [0.717, 1.165) is 6.54 Å². The second-order valence-corrected chi connectivity index (χ2v) is 6.09. The molecule has 3 unspecified atom stereocenters. The molecule has 1 aliphatic carbocycles. The summed E-state index contributed by atoms with van der Waals surface area (Å²) < 4.78 is 0. The van der Waals surface area contributed by atoms with E-state index in [9.17, 15) is 9.90 Å². The molecular weight excluding hydrogens is 247 g/mol. The highest BCUT2D eigenvalue weighted by molar-refractivity contribution is 6.40. The van der Waals surface area contributed by atoms with Gasteiger partial charge < -0.3 is 26.2 Å². The van der Waals surface area contributed by atoms with Crippen LogP contribution in [0.25, 0.3) is 0 Å². The third kappa shape index (κ3) is 2.65. The molecule has 7 heteroatoms. The molecule has 0 bridgehead atoms. The second kappa shape index (κ2) is 5.40. The fourth-order valence-electron chi connectivity index (χ4n) is 3.93. The van der Waals surface area contributed by atoms with Gasteiger partial charge in [0.15, 0.2) is 0 Å². The van der Waals surface area contributed by atoms with Crippen molar-refractivity contribution in [1.82, 2.24) is 5.32 Å². The van der Waals surface area contributed by atoms with Gasteiger partial charge in [-0.05, 0) is 50.4 Å². The van der Waals surface area contributed by atoms with E-state index in [1.54, 1.807) is 0 Å². The average Bonchev–Trinajstić information content (AvgIpc) is 2.79. The molecule has 0 aromatic carbocycles. The predicted octanol–water partition coefficient (Wildman–Crippen LogP) is -0.734. The maximum Gasteiger partial charge on any atom is 0.451 e. The second-order valence-electron chi connectivity index (χ2n) is 6.09. The maximum absolute atomic E-state index is 11.5. The minimum absolute atomic E-state index is 0.0915. The Morgan fingerprint density at radius 1 is 1.47 bits per heavy atom. The number of hydrogen-bond acceptors (Lipinski definition) is 5. The van der Waals surface area contributed by atoms with Crippen LogP contribution in [0.2, 0.25) is 6.32 Å². The highest BCUT2D eigenvalue weighted by Gasteiger charge is 2.58. The van der Waals surface area contributed by atoms with Gasteiger partial charge in [-0.1, -0.05) is 6.42 Å². The number of carboxylic acids is 1. The first-order valence-corrected chi connectivity index (χ1v) is 6.98. The van der Waals surface area contributed by atoms with E-state index >= 15 is 0 Å². The van der Waals surface area contributed by atoms with Gasteiger partial charge in [-0.3, -0.25) is 4.79 Å². The van der Waals surface area contributed by atoms with Gasteiger partial charge in [0, 0.05) is 6.04 Å². The number of carboxylic acid groups (broad SMARTS) is 1. The molecule has 2 aliphatic rings. The topological polar surface area (TPSA) is 116 Å². The number of aliphatic carboxylic acids is 1. The molecule has 0 spiro atoms. The summed E-state index contributed by atoms with van der Waals surface area (Å²) in [6.07, 6.45) is 2.00. The van der Waals surface area contributed by atoms with Crippen LogP contribution in [-0.4, -0.2) is 46.4 Å². The largest absolute Gasteiger partial charge is 0.480 e. The number of nitrogens with two attached hydrogens (primary N) is 1. The Morgan fingerprint density at radius 3 is 2.74 bits per heavy atom. The van der Waals surface area contributed by atoms with Gasteiger partial charge in [0.2, 0.25) is 0 Å². The van der Waals surface area contributed by atoms with Crippen LogP contribution in [0, 0.1) is 17.8 Å². The molecule has 5 atom stereocenters. The summed E-state index contributed by atoms with van der Waals surface area (Å²) in [6.45, 7) is 2.89. The number of rotatable bonds is 5. The molecule has 2 fully saturated rings. The van der Waals surface area contributed by atoms with Crippen LogP contribution in [0.1, 0.15) is 26.2 Å². The summed E-state index contributed by atoms with van der Waals surface area (Å²) in [5.41, 5.74) is 5.00. The lowest BCUT2D eigenvalue weighted by Gasteiger charge is -2.30. The number of nitrogens with one attached hydrogen (secondary N) is 1. The third-order valence-corrected chi connectivity index (χ3v) is 5.00. The minimum Gasteiger partial charge on any atom is -0.480 e. The zero-order valence-corrected chi connectivity index (χ0v) is 11.2. The Hall–Kier alpha value is -0.625. The zero-order chi connectivity index (χ0) is 14.2. The summed E-state index contributed by atoms with van der Waals surface area (Å²) >= 11 is 0. The molecule has 0 aromatic heterocycles. The third-order valence-electron chi connectivity index (χ3n) is 5.00. The molecule has 108 valence electrons. The first kappa shape index (κ1) is 14.8. The molecule has 1 saturated carbocycles. The van der Waals surface area contributed by atoms with Crippen LogP contribution < -0.4 is 11.1 Å². The van der Waals surface area contributed by atoms with Crippen LogP contribution >= 0.6 is 0 Å². The summed E-state index contributed by atoms with van der Waals surface area (Å²) in [7, 11) is -1.32. The first-order valence-electron chi connectivity index (χ1n) is 6.98. The molecule has 0 radical (unpaired) electrons. The minimum atomic E-state index is -1.32. The van der Waals surface area contributed by atoms with Gasteiger partial charge in [-0.25, -0.2) is 0 Å². The van der Waals surface area contributed by atoms with Crippen LogP contribution in [0.15, 0.2) is 0 Å². The molecule has 0 aromatic rings. The molecule has 6 nitrogen and oxygen atoms in total. The van der Waals surface area contributed by atoms with E-state index in [0.29, 0.717) is 31.2 Å². The van der Waals surface area contributed by atoms with Crippen LogP contribution in [0.4, 0.5) is 0 Å². The molecule has 19 heavy (non-hydrogen) atoms. The van der Waals surface area contributed by atoms with E-state index in [-0.39, 0.29) is 18.2 Å². The zero-order valence-electron chi connectivity index (χ0n) is 11.2. The maximum atomic E-state index is 11.5. The quantitative estimate of drug-likeness (QED) is 0.420. The normalized spacial score (nSPS) is 41.3. The fraction of sp³-hybridized carbons (Fsp3) is 0.917. The summed E-state index contributed by atoms with van der Waals surface area (Å²) in [5, 5.41) is 30.6. The monoisotopic (exact) mass is 270 g/mol. The van der Waals surface area contributed by atoms with Crippen molar-refractivity contribution in [2.75, 3.05) is 6.54 Å². The lowest BCUT2D eigenvalue weighted by atomic mass is 9.76. The van der Waals surface area contributed by atoms with Crippen molar-refractivity contribution in [3.05, 3.63) is 0 Å². The van der Waals surface area contributed by atoms with Gasteiger partial charge in [-0.15, -0.1) is 0 Å². The molecule has 1 saturated heterocycles. The Morgan fingerprint density at radius 2 is 2.16 bits per heavy atom. The van der Waals surface area contributed by atoms with E-state index < -0.39 is 18.6 Å². The van der Waals surface area contributed by atoms with Crippen molar-refractivity contribution in [1.29, 1.82) is 0 Å². The summed E-state index contributed by atoms with van der Waals surface area (Å²) in [6, 6.07) is 0.306. The van der Waals surface area contributed by atoms with Gasteiger partial charge in [-0.2, -0.15) is 0 Å². The van der Waals surface area contributed by atoms with Crippen molar-refractivity contribution in [2.24, 2.45) is 23.5 Å². The molecule has 0 amide bonds. The standard InChI is InChI=1S/C12H23BN2O4/c1-7-8-5-12(14,11(16)17)10(9(8)6-15-7)3-2-4-13(18)19/h7-10,15,18-19H,2-6,14H2,1H3,(H,16,17)/t7-,8-,9?,10?,12?/m0/s1. The number of fused-ring (bicyclic) bond motifs is 1. The van der Waals surface area contributed by atoms with Crippen molar-refractivity contribution in [2.45, 2.75) is 44.1 Å². The van der Waals surface area contributed by atoms with Gasteiger partial charge >= 0.3 is 13.1 Å². The van der Waals surface area contributed by atoms with Crippen molar-refractivity contribution in [3.8, 4) is 0 Å². The molecule has 6 N–H and O–H groups in total. The highest BCUT2D eigenvalue weighted by atomic mass is 16.4. The van der Waals surface area contributed by atoms with Crippen molar-refractivity contribution < 1.29 is 19.9 Å². The summed E-state index contributed by atoms with van der Waals surface area (Å²) in [5.74, 6) is -0.424. The molecular formula is C12H23BN2O4. The highest BCUT2D eigenvalue weighted by Crippen LogP contribution is 2.49. The SMILES string of the molecule is C[C@@H]1NCC2C(CCCB(O)O)C(N)(C(=O)O)C[C@H]21. The van der Waals surface area contributed by atoms with Crippen molar-refractivity contribution in [3.63, 3.8) is 0 Å². The van der Waals surface area contributed by atoms with E-state index in [1.165, 1.54) is 0 Å². The van der Waals surface area contributed by atoms with Crippen LogP contribution in [0.3, 0.4) is 0 Å². The molecule has 1 heterocycles. The number of carbonyl (C=O) groups is 1. The molecule has 2 rings (SSSR count). The first-order chi connectivity index (χ1) is 8.86. The van der Waals surface area contributed by atoms with Crippen LogP contribution in [0.5, 0.6) is 0 Å². The van der Waals surface area contributed by atoms with E-state index in [1.807, 2.05) is 0 Å². The van der Waals surface area contributed by atoms with Gasteiger partial charge in [0.1, 0.15) is 5.54 Å². The van der Waals surface area contributed by atoms with E-state index in [4.69, 9.17) is 15.8 Å². The van der Waals surface area contributed by atoms with Crippen molar-refractivity contribution >= 4 is 13.1 Å². The Kier molecular flexibility index (Phi) is 4.20. The van der Waals surface area contributed by atoms with Gasteiger partial charge in [0.05, 0.1) is 0 Å². The van der Waals surface area contributed by atoms with Crippen LogP contribution in [-0.2, 0) is 4.79 Å². The van der Waals surface area contributed by atoms with E-state index in [2.05, 4.69) is 12.2 Å². The average molecular weight is 270 g/mol.